The van der Waals surface area contributed by atoms with E-state index >= 15 is 0 Å². The fourth-order valence-electron chi connectivity index (χ4n) is 6.03. The van der Waals surface area contributed by atoms with E-state index in [0.717, 1.165) is 0 Å². The van der Waals surface area contributed by atoms with Crippen LogP contribution in [0.25, 0.3) is 43.1 Å². The average molecular weight is 1170 g/mol. The first-order chi connectivity index (χ1) is 26.5. The summed E-state index contributed by atoms with van der Waals surface area (Å²) in [7, 11) is 0. The van der Waals surface area contributed by atoms with Gasteiger partial charge in [0.05, 0.1) is 0 Å². The van der Waals surface area contributed by atoms with Crippen LogP contribution >= 0.6 is 0 Å². The van der Waals surface area contributed by atoms with Crippen LogP contribution in [0.5, 0.6) is 0 Å². The van der Waals surface area contributed by atoms with Crippen LogP contribution < -0.4 is 24.8 Å². The van der Waals surface area contributed by atoms with E-state index in [9.17, 15) is 0 Å². The van der Waals surface area contributed by atoms with Gasteiger partial charge in [0.2, 0.25) is 0 Å². The molecule has 58 heavy (non-hydrogen) atoms. The average Bonchev–Trinajstić information content (AvgIpc) is 3.95. The van der Waals surface area contributed by atoms with Crippen LogP contribution in [-0.4, -0.2) is 11.0 Å². The summed E-state index contributed by atoms with van der Waals surface area (Å²) in [5.41, 5.74) is 6.28. The Morgan fingerprint density at radius 2 is 0.500 bits per heavy atom. The normalized spacial score (nSPS) is 10.3. The zero-order chi connectivity index (χ0) is 41.4. The first-order valence-corrected chi connectivity index (χ1v) is 36.0. The van der Waals surface area contributed by atoms with Crippen molar-refractivity contribution in [2.45, 2.75) is 105 Å². The quantitative estimate of drug-likeness (QED) is 0.122. The van der Waals surface area contributed by atoms with Gasteiger partial charge in [-0.05, 0) is 23.7 Å². The van der Waals surface area contributed by atoms with Crippen molar-refractivity contribution in [2.24, 2.45) is 0 Å². The third-order valence-electron chi connectivity index (χ3n) is 9.23. The Hall–Kier alpha value is -1.93. The molecule has 0 aliphatic rings. The van der Waals surface area contributed by atoms with Crippen molar-refractivity contribution in [3.8, 4) is 0 Å². The minimum atomic E-state index is 0. The van der Waals surface area contributed by atoms with Gasteiger partial charge in [0.1, 0.15) is 0 Å². The second-order valence-electron chi connectivity index (χ2n) is 16.3. The van der Waals surface area contributed by atoms with E-state index in [1.807, 2.05) is 0 Å². The van der Waals surface area contributed by atoms with Gasteiger partial charge in [-0.3, -0.25) is 0 Å². The second-order valence-corrected chi connectivity index (χ2v) is 41.8. The fraction of sp³-hybridized carbons (Fsp3) is 0.308. The number of benzene rings is 4. The molecule has 0 N–H and O–H groups in total. The van der Waals surface area contributed by atoms with Crippen LogP contribution in [0, 0.1) is 0 Å². The number of rotatable bonds is 4. The molecule has 0 radical (unpaired) electrons. The first kappa shape index (κ1) is 54.1. The third-order valence-corrected chi connectivity index (χ3v) is 9.23. The minimum Gasteiger partial charge on any atom is -1.00 e. The molecular formula is C52H64Cl2Hf2Si2-2. The van der Waals surface area contributed by atoms with Crippen molar-refractivity contribution in [1.82, 2.24) is 0 Å². The molecule has 8 aromatic carbocycles. The summed E-state index contributed by atoms with van der Waals surface area (Å²) in [4.78, 5) is 0. The number of hydrogen-bond donors (Lipinski definition) is 0. The predicted molar refractivity (Wildman–Crippen MR) is 249 cm³/mol. The summed E-state index contributed by atoms with van der Waals surface area (Å²) in [6.07, 6.45) is 0. The molecule has 0 aliphatic heterocycles. The van der Waals surface area contributed by atoms with Gasteiger partial charge in [0.25, 0.3) is 0 Å². The monoisotopic (exact) mass is 1170 g/mol. The molecule has 0 atom stereocenters. The van der Waals surface area contributed by atoms with Gasteiger partial charge in [-0.1, -0.05) is 79.7 Å². The summed E-state index contributed by atoms with van der Waals surface area (Å²) < 4.78 is 0. The SMILES string of the molecule is CC(C)c1cc2ccccc2[cH-]1.CC(C)c1cc2ccccc2[cH-]1.CC(C)c1cc2ccccc2[cH-]1.CC(C)c1cc2ccccc2[cH-]1.C[Si](C)=[Hf+2].C[Si](C)=[Hf+2].[Cl-].[Cl-]. The Kier molecular flexibility index (Phi) is 26.0. The van der Waals surface area contributed by atoms with E-state index in [-0.39, 0.29) is 35.8 Å². The first-order valence-electron chi connectivity index (χ1n) is 20.2. The molecule has 6 heteroatoms. The Balaban J connectivity index is 0.000000360. The van der Waals surface area contributed by atoms with Crippen LogP contribution in [0.15, 0.2) is 146 Å². The van der Waals surface area contributed by atoms with Crippen molar-refractivity contribution in [2.75, 3.05) is 0 Å². The molecular weight excluding hydrogens is 1110 g/mol. The molecule has 0 nitrogen and oxygen atoms in total. The van der Waals surface area contributed by atoms with E-state index in [0.29, 0.717) is 23.7 Å². The largest absolute Gasteiger partial charge is 1.00 e. The zero-order valence-electron chi connectivity index (χ0n) is 36.9. The van der Waals surface area contributed by atoms with E-state index in [2.05, 4.69) is 227 Å². The van der Waals surface area contributed by atoms with Crippen LogP contribution in [0.3, 0.4) is 0 Å². The van der Waals surface area contributed by atoms with Gasteiger partial charge in [-0.25, -0.2) is 0 Å². The number of fused-ring (bicyclic) bond motifs is 4. The van der Waals surface area contributed by atoms with Crippen molar-refractivity contribution in [3.05, 3.63) is 168 Å². The molecule has 0 fully saturated rings. The maximum atomic E-state index is 2.33. The summed E-state index contributed by atoms with van der Waals surface area (Å²) in [6.45, 7) is 27.2. The van der Waals surface area contributed by atoms with E-state index in [1.54, 1.807) is 0 Å². The smallest absolute Gasteiger partial charge is 1.00 e. The molecule has 0 amide bonds. The molecule has 304 valence electrons. The van der Waals surface area contributed by atoms with E-state index in [4.69, 9.17) is 0 Å². The van der Waals surface area contributed by atoms with Gasteiger partial charge in [0, 0.05) is 0 Å². The Morgan fingerprint density at radius 3 is 0.638 bits per heavy atom. The van der Waals surface area contributed by atoms with Gasteiger partial charge >= 0.3 is 83.2 Å². The fourth-order valence-corrected chi connectivity index (χ4v) is 6.03. The molecule has 0 aliphatic carbocycles. The molecule has 0 saturated carbocycles. The minimum absolute atomic E-state index is 0. The molecule has 0 bridgehead atoms. The van der Waals surface area contributed by atoms with E-state index < -0.39 is 0 Å². The van der Waals surface area contributed by atoms with Crippen LogP contribution in [0.4, 0.5) is 0 Å². The van der Waals surface area contributed by atoms with Crippen LogP contribution in [0.1, 0.15) is 101 Å². The summed E-state index contributed by atoms with van der Waals surface area (Å²) in [5.74, 6) is 2.55. The van der Waals surface area contributed by atoms with Crippen molar-refractivity contribution < 1.29 is 70.8 Å². The van der Waals surface area contributed by atoms with Crippen LogP contribution in [-0.2, 0) is 46.0 Å². The summed E-state index contributed by atoms with van der Waals surface area (Å²) in [6, 6.07) is 52.3. The molecule has 0 unspecified atom stereocenters. The van der Waals surface area contributed by atoms with Crippen molar-refractivity contribution >= 4 is 54.1 Å². The second kappa shape index (κ2) is 27.8. The van der Waals surface area contributed by atoms with Crippen molar-refractivity contribution in [1.29, 1.82) is 0 Å². The molecule has 8 aromatic rings. The topological polar surface area (TPSA) is 0 Å². The maximum Gasteiger partial charge on any atom is -1.00 e. The van der Waals surface area contributed by atoms with Gasteiger partial charge in [-0.15, -0.1) is 162 Å². The number of halogens is 2. The van der Waals surface area contributed by atoms with Crippen molar-refractivity contribution in [3.63, 3.8) is 0 Å². The summed E-state index contributed by atoms with van der Waals surface area (Å²) >= 11 is 2.90. The predicted octanol–water partition coefficient (Wildman–Crippen LogP) is 10.3. The Labute approximate surface area is 394 Å². The maximum absolute atomic E-state index is 2.33. The van der Waals surface area contributed by atoms with Crippen LogP contribution in [0.2, 0.25) is 26.2 Å². The Bertz CT molecular complexity index is 1920. The standard InChI is InChI=1S/4C12H13.2C2H6Si.2ClH.2Hf/c4*1-9(2)12-7-10-5-3-4-6-11(10)8-12;2*1-3-2;;;;/h4*3-9H,1-2H3;2*1-2H3;2*1H;;/q4*-1;;;;;2*+2/p-2. The molecule has 0 saturated heterocycles. The molecule has 0 heterocycles. The number of hydrogen-bond acceptors (Lipinski definition) is 0. The molecule has 0 aromatic heterocycles. The Morgan fingerprint density at radius 1 is 0.345 bits per heavy atom. The van der Waals surface area contributed by atoms with E-state index in [1.165, 1.54) is 111 Å². The van der Waals surface area contributed by atoms with Gasteiger partial charge in [0.15, 0.2) is 0 Å². The molecule has 8 rings (SSSR count). The molecule has 0 spiro atoms. The summed E-state index contributed by atoms with van der Waals surface area (Å²) in [5, 5.41) is 10.9. The zero-order valence-corrected chi connectivity index (χ0v) is 47.6. The third kappa shape index (κ3) is 18.8. The van der Waals surface area contributed by atoms with Gasteiger partial charge in [-0.2, -0.15) is 24.3 Å². The van der Waals surface area contributed by atoms with Gasteiger partial charge < -0.3 is 24.8 Å².